The molecule has 4 rings (SSSR count). The minimum absolute atomic E-state index is 0.136. The molecule has 0 amide bonds. The first kappa shape index (κ1) is 27.8. The van der Waals surface area contributed by atoms with E-state index in [9.17, 15) is 18.8 Å². The fourth-order valence-electron chi connectivity index (χ4n) is 4.13. The zero-order valence-corrected chi connectivity index (χ0v) is 22.7. The van der Waals surface area contributed by atoms with Crippen molar-refractivity contribution in [3.63, 3.8) is 0 Å². The molecule has 1 aliphatic rings. The van der Waals surface area contributed by atoms with Crippen molar-refractivity contribution in [1.29, 1.82) is 0 Å². The van der Waals surface area contributed by atoms with Gasteiger partial charge in [-0.1, -0.05) is 29.5 Å². The molecule has 0 radical (unpaired) electrons. The van der Waals surface area contributed by atoms with Crippen molar-refractivity contribution >= 4 is 29.4 Å². The van der Waals surface area contributed by atoms with Gasteiger partial charge in [-0.25, -0.2) is 19.0 Å². The number of benzene rings is 2. The number of methoxy groups -OCH3 is 1. The Morgan fingerprint density at radius 2 is 1.90 bits per heavy atom. The number of halogens is 1. The third-order valence-electron chi connectivity index (χ3n) is 5.82. The normalized spacial score (nSPS) is 14.9. The molecule has 204 valence electrons. The van der Waals surface area contributed by atoms with Crippen molar-refractivity contribution < 1.29 is 32.9 Å². The van der Waals surface area contributed by atoms with Crippen LogP contribution in [-0.4, -0.2) is 43.4 Å². The Labute approximate surface area is 227 Å². The maximum absolute atomic E-state index is 13.8. The van der Waals surface area contributed by atoms with Crippen molar-refractivity contribution in [2.75, 3.05) is 26.9 Å². The molecule has 0 spiro atoms. The van der Waals surface area contributed by atoms with Gasteiger partial charge in [0, 0.05) is 0 Å². The smallest absolute Gasteiger partial charge is 0.343 e. The summed E-state index contributed by atoms with van der Waals surface area (Å²) in [6.45, 7) is 5.28. The molecule has 0 unspecified atom stereocenters. The Bertz CT molecular complexity index is 1620. The summed E-state index contributed by atoms with van der Waals surface area (Å²) in [6, 6.07) is 9.95. The van der Waals surface area contributed by atoms with Gasteiger partial charge >= 0.3 is 11.9 Å². The van der Waals surface area contributed by atoms with Crippen LogP contribution in [-0.2, 0) is 19.1 Å². The van der Waals surface area contributed by atoms with Gasteiger partial charge in [-0.15, -0.1) is 0 Å². The van der Waals surface area contributed by atoms with E-state index in [0.717, 1.165) is 11.3 Å². The Kier molecular flexibility index (Phi) is 8.60. The molecule has 0 bridgehead atoms. The average molecular weight is 555 g/mol. The highest BCUT2D eigenvalue weighted by atomic mass is 32.1. The number of nitrogens with zero attached hydrogens (tertiary/aromatic N) is 2. The number of rotatable bonds is 9. The summed E-state index contributed by atoms with van der Waals surface area (Å²) in [4.78, 5) is 43.4. The van der Waals surface area contributed by atoms with E-state index < -0.39 is 29.4 Å². The van der Waals surface area contributed by atoms with Crippen LogP contribution in [0.25, 0.3) is 6.08 Å². The first-order valence-corrected chi connectivity index (χ1v) is 13.0. The Morgan fingerprint density at radius 1 is 1.10 bits per heavy atom. The van der Waals surface area contributed by atoms with Crippen LogP contribution in [0.15, 0.2) is 63.5 Å². The van der Waals surface area contributed by atoms with Crippen LogP contribution in [0.1, 0.15) is 37.9 Å². The highest BCUT2D eigenvalue weighted by Crippen LogP contribution is 2.36. The van der Waals surface area contributed by atoms with Crippen LogP contribution in [0.5, 0.6) is 11.5 Å². The number of thiazole rings is 1. The molecule has 1 atom stereocenters. The Balaban J connectivity index is 1.90. The van der Waals surface area contributed by atoms with Gasteiger partial charge in [-0.05, 0) is 62.2 Å². The minimum Gasteiger partial charge on any atom is -0.490 e. The van der Waals surface area contributed by atoms with Gasteiger partial charge in [-0.3, -0.25) is 9.36 Å². The third-order valence-corrected chi connectivity index (χ3v) is 6.80. The molecule has 3 aromatic rings. The Hall–Kier alpha value is -4.25. The molecule has 39 heavy (non-hydrogen) atoms. The van der Waals surface area contributed by atoms with Crippen LogP contribution in [0.3, 0.4) is 0 Å². The highest BCUT2D eigenvalue weighted by Gasteiger charge is 2.34. The largest absolute Gasteiger partial charge is 0.490 e. The number of allylic oxidation sites excluding steroid dienone is 1. The highest BCUT2D eigenvalue weighted by molar-refractivity contribution is 7.07. The zero-order valence-electron chi connectivity index (χ0n) is 21.9. The molecule has 2 heterocycles. The van der Waals surface area contributed by atoms with Crippen LogP contribution >= 0.6 is 11.3 Å². The zero-order chi connectivity index (χ0) is 28.1. The molecule has 0 saturated carbocycles. The SMILES string of the molecule is CCOC(=O)C1=C(C)N=c2s/c(=C\c3cccc(F)c3)c(=O)n2[C@H]1c1ccc(OCC(=O)OC)c(OCC)c1. The number of fused-ring (bicyclic) bond motifs is 1. The molecule has 0 aliphatic carbocycles. The van der Waals surface area contributed by atoms with Crippen molar-refractivity contribution in [1.82, 2.24) is 4.57 Å². The third kappa shape index (κ3) is 5.93. The van der Waals surface area contributed by atoms with E-state index in [-0.39, 0.29) is 18.8 Å². The lowest BCUT2D eigenvalue weighted by Crippen LogP contribution is -2.40. The number of hydrogen-bond donors (Lipinski definition) is 0. The van der Waals surface area contributed by atoms with Crippen LogP contribution in [0.2, 0.25) is 0 Å². The lowest BCUT2D eigenvalue weighted by Gasteiger charge is -2.25. The molecule has 9 nitrogen and oxygen atoms in total. The van der Waals surface area contributed by atoms with Crippen molar-refractivity contribution in [2.45, 2.75) is 26.8 Å². The monoisotopic (exact) mass is 554 g/mol. The molecule has 0 N–H and O–H groups in total. The molecular formula is C28H27FN2O7S. The van der Waals surface area contributed by atoms with E-state index in [4.69, 9.17) is 14.2 Å². The van der Waals surface area contributed by atoms with Gasteiger partial charge in [0.25, 0.3) is 5.56 Å². The van der Waals surface area contributed by atoms with Gasteiger partial charge in [0.1, 0.15) is 5.82 Å². The van der Waals surface area contributed by atoms with E-state index in [1.54, 1.807) is 57.2 Å². The van der Waals surface area contributed by atoms with Crippen LogP contribution < -0.4 is 24.4 Å². The number of hydrogen-bond acceptors (Lipinski definition) is 9. The summed E-state index contributed by atoms with van der Waals surface area (Å²) in [7, 11) is 1.26. The summed E-state index contributed by atoms with van der Waals surface area (Å²) in [5.74, 6) is -0.975. The summed E-state index contributed by atoms with van der Waals surface area (Å²) in [5, 5.41) is 0. The van der Waals surface area contributed by atoms with E-state index in [2.05, 4.69) is 9.73 Å². The first-order chi connectivity index (χ1) is 18.8. The van der Waals surface area contributed by atoms with Gasteiger partial charge in [0.05, 0.1) is 42.2 Å². The standard InChI is InChI=1S/C28H27FN2O7S/c1-5-36-21-14-18(10-11-20(21)38-15-23(32)35-4)25-24(27(34)37-6-2)16(3)30-28-31(25)26(33)22(39-28)13-17-8-7-9-19(29)12-17/h7-14,25H,5-6,15H2,1-4H3/b22-13-/t25-/m0/s1. The van der Waals surface area contributed by atoms with Crippen LogP contribution in [0.4, 0.5) is 4.39 Å². The fourth-order valence-corrected chi connectivity index (χ4v) is 5.18. The van der Waals surface area contributed by atoms with E-state index >= 15 is 0 Å². The summed E-state index contributed by atoms with van der Waals surface area (Å²) in [6.07, 6.45) is 1.59. The van der Waals surface area contributed by atoms with Gasteiger partial charge < -0.3 is 18.9 Å². The first-order valence-electron chi connectivity index (χ1n) is 12.2. The molecule has 0 fully saturated rings. The molecule has 2 aromatic carbocycles. The van der Waals surface area contributed by atoms with Crippen molar-refractivity contribution in [3.8, 4) is 11.5 Å². The maximum Gasteiger partial charge on any atom is 0.343 e. The molecule has 0 saturated heterocycles. The topological polar surface area (TPSA) is 105 Å². The number of esters is 2. The summed E-state index contributed by atoms with van der Waals surface area (Å²) < 4.78 is 36.8. The summed E-state index contributed by atoms with van der Waals surface area (Å²) in [5.41, 5.74) is 1.27. The molecule has 1 aliphatic heterocycles. The minimum atomic E-state index is -0.885. The second kappa shape index (κ2) is 12.1. The van der Waals surface area contributed by atoms with E-state index in [0.29, 0.717) is 44.3 Å². The summed E-state index contributed by atoms with van der Waals surface area (Å²) >= 11 is 1.14. The Morgan fingerprint density at radius 3 is 2.59 bits per heavy atom. The van der Waals surface area contributed by atoms with Crippen LogP contribution in [0, 0.1) is 5.82 Å². The molecular weight excluding hydrogens is 527 g/mol. The lowest BCUT2D eigenvalue weighted by molar-refractivity contribution is -0.143. The number of ether oxygens (including phenoxy) is 4. The van der Waals surface area contributed by atoms with Crippen molar-refractivity contribution in [2.24, 2.45) is 4.99 Å². The predicted molar refractivity (Wildman–Crippen MR) is 142 cm³/mol. The van der Waals surface area contributed by atoms with Gasteiger partial charge in [0.2, 0.25) is 0 Å². The molecule has 11 heteroatoms. The van der Waals surface area contributed by atoms with E-state index in [1.165, 1.54) is 23.8 Å². The lowest BCUT2D eigenvalue weighted by atomic mass is 9.95. The number of carbonyl (C=O) groups is 2. The fraction of sp³-hybridized carbons (Fsp3) is 0.286. The van der Waals surface area contributed by atoms with Gasteiger partial charge in [-0.2, -0.15) is 0 Å². The van der Waals surface area contributed by atoms with E-state index in [1.807, 2.05) is 0 Å². The number of carbonyl (C=O) groups excluding carboxylic acids is 2. The quantitative estimate of drug-likeness (QED) is 0.375. The predicted octanol–water partition coefficient (Wildman–Crippen LogP) is 2.89. The van der Waals surface area contributed by atoms with Crippen molar-refractivity contribution in [3.05, 3.63) is 90.4 Å². The second-order valence-electron chi connectivity index (χ2n) is 8.36. The average Bonchev–Trinajstić information content (AvgIpc) is 3.21. The van der Waals surface area contributed by atoms with Gasteiger partial charge in [0.15, 0.2) is 22.9 Å². The maximum atomic E-state index is 13.8. The second-order valence-corrected chi connectivity index (χ2v) is 9.37. The number of aromatic nitrogens is 1. The molecule has 1 aromatic heterocycles.